The Morgan fingerprint density at radius 1 is 1.55 bits per heavy atom. The van der Waals surface area contributed by atoms with Gasteiger partial charge in [0, 0.05) is 7.11 Å². The van der Waals surface area contributed by atoms with Crippen molar-refractivity contribution in [1.29, 1.82) is 5.26 Å². The van der Waals surface area contributed by atoms with Crippen LogP contribution in [-0.4, -0.2) is 17.5 Å². The molecule has 0 amide bonds. The molecule has 0 N–H and O–H groups in total. The Bertz CT molecular complexity index is 169. The average Bonchev–Trinajstić information content (AvgIpc) is 2.52. The maximum absolute atomic E-state index is 8.71. The predicted molar refractivity (Wildman–Crippen MR) is 46.5 cm³/mol. The summed E-state index contributed by atoms with van der Waals surface area (Å²) in [5.74, 6) is 0. The average molecular weight is 218 g/mol. The summed E-state index contributed by atoms with van der Waals surface area (Å²) < 4.78 is 5.38. The summed E-state index contributed by atoms with van der Waals surface area (Å²) in [6.07, 6.45) is 4.37. The largest absolute Gasteiger partial charge is 0.376 e. The lowest BCUT2D eigenvalue weighted by Crippen LogP contribution is -2.36. The molecular formula is C8H12BrNO. The number of nitrogens with zero attached hydrogens (tertiary/aromatic N) is 1. The lowest BCUT2D eigenvalue weighted by Gasteiger charge is -2.28. The van der Waals surface area contributed by atoms with E-state index in [0.717, 1.165) is 12.8 Å². The van der Waals surface area contributed by atoms with Crippen LogP contribution in [0.4, 0.5) is 0 Å². The lowest BCUT2D eigenvalue weighted by atomic mass is 9.98. The smallest absolute Gasteiger partial charge is 0.130 e. The van der Waals surface area contributed by atoms with Gasteiger partial charge in [-0.25, -0.2) is 0 Å². The number of hydrogen-bond donors (Lipinski definition) is 0. The van der Waals surface area contributed by atoms with Crippen LogP contribution in [0.3, 0.4) is 0 Å². The van der Waals surface area contributed by atoms with Crippen LogP contribution in [0.15, 0.2) is 0 Å². The second-order valence-electron chi connectivity index (χ2n) is 2.97. The molecular weight excluding hydrogens is 206 g/mol. The molecule has 0 aromatic heterocycles. The number of methoxy groups -OCH3 is 1. The van der Waals surface area contributed by atoms with Gasteiger partial charge < -0.3 is 4.74 Å². The van der Waals surface area contributed by atoms with Crippen molar-refractivity contribution in [2.75, 3.05) is 7.11 Å². The van der Waals surface area contributed by atoms with Gasteiger partial charge in [-0.2, -0.15) is 5.26 Å². The number of halogens is 1. The SMILES string of the molecule is COC1(C(Br)C#N)CCCC1. The number of hydrogen-bond acceptors (Lipinski definition) is 2. The first-order valence-corrected chi connectivity index (χ1v) is 4.75. The van der Waals surface area contributed by atoms with E-state index in [1.165, 1.54) is 12.8 Å². The van der Waals surface area contributed by atoms with Gasteiger partial charge >= 0.3 is 0 Å². The van der Waals surface area contributed by atoms with E-state index in [-0.39, 0.29) is 10.4 Å². The summed E-state index contributed by atoms with van der Waals surface area (Å²) >= 11 is 3.33. The van der Waals surface area contributed by atoms with Gasteiger partial charge in [-0.3, -0.25) is 0 Å². The molecule has 1 fully saturated rings. The third-order valence-corrected chi connectivity index (χ3v) is 3.47. The Balaban J connectivity index is 2.68. The van der Waals surface area contributed by atoms with Gasteiger partial charge in [-0.05, 0) is 12.8 Å². The van der Waals surface area contributed by atoms with Crippen molar-refractivity contribution in [2.45, 2.75) is 36.1 Å². The Morgan fingerprint density at radius 3 is 2.45 bits per heavy atom. The second-order valence-corrected chi connectivity index (χ2v) is 3.88. The first-order chi connectivity index (χ1) is 5.25. The molecule has 0 aromatic carbocycles. The predicted octanol–water partition coefficient (Wildman–Crippen LogP) is 2.23. The molecule has 1 aliphatic carbocycles. The standard InChI is InChI=1S/C8H12BrNO/c1-11-8(7(9)6-10)4-2-3-5-8/h7H,2-5H2,1H3. The van der Waals surface area contributed by atoms with Crippen LogP contribution in [0.2, 0.25) is 0 Å². The molecule has 3 heteroatoms. The summed E-state index contributed by atoms with van der Waals surface area (Å²) in [6.45, 7) is 0. The molecule has 11 heavy (non-hydrogen) atoms. The van der Waals surface area contributed by atoms with Gasteiger partial charge in [0.25, 0.3) is 0 Å². The molecule has 62 valence electrons. The van der Waals surface area contributed by atoms with Crippen LogP contribution in [-0.2, 0) is 4.74 Å². The van der Waals surface area contributed by atoms with Crippen molar-refractivity contribution in [3.8, 4) is 6.07 Å². The Morgan fingerprint density at radius 2 is 2.09 bits per heavy atom. The monoisotopic (exact) mass is 217 g/mol. The molecule has 0 heterocycles. The summed E-state index contributed by atoms with van der Waals surface area (Å²) in [4.78, 5) is -0.150. The van der Waals surface area contributed by atoms with Crippen LogP contribution in [0, 0.1) is 11.3 Å². The van der Waals surface area contributed by atoms with Crippen molar-refractivity contribution in [1.82, 2.24) is 0 Å². The number of nitriles is 1. The van der Waals surface area contributed by atoms with Gasteiger partial charge in [0.05, 0.1) is 11.7 Å². The highest BCUT2D eigenvalue weighted by molar-refractivity contribution is 9.09. The minimum atomic E-state index is -0.200. The fraction of sp³-hybridized carbons (Fsp3) is 0.875. The molecule has 0 aliphatic heterocycles. The maximum atomic E-state index is 8.71. The molecule has 1 unspecified atom stereocenters. The van der Waals surface area contributed by atoms with Crippen LogP contribution in [0.1, 0.15) is 25.7 Å². The zero-order chi connectivity index (χ0) is 8.32. The molecule has 2 nitrogen and oxygen atoms in total. The molecule has 1 aliphatic rings. The summed E-state index contributed by atoms with van der Waals surface area (Å²) in [5, 5.41) is 8.71. The molecule has 0 aromatic rings. The molecule has 0 spiro atoms. The normalized spacial score (nSPS) is 24.5. The van der Waals surface area contributed by atoms with E-state index in [1.54, 1.807) is 7.11 Å². The van der Waals surface area contributed by atoms with Crippen molar-refractivity contribution in [2.24, 2.45) is 0 Å². The van der Waals surface area contributed by atoms with Gasteiger partial charge in [0.1, 0.15) is 4.83 Å². The van der Waals surface area contributed by atoms with Gasteiger partial charge in [-0.15, -0.1) is 0 Å². The quantitative estimate of drug-likeness (QED) is 0.666. The zero-order valence-corrected chi connectivity index (χ0v) is 8.23. The number of ether oxygens (including phenoxy) is 1. The summed E-state index contributed by atoms with van der Waals surface area (Å²) in [5.41, 5.74) is -0.200. The highest BCUT2D eigenvalue weighted by Crippen LogP contribution is 2.38. The minimum Gasteiger partial charge on any atom is -0.376 e. The van der Waals surface area contributed by atoms with E-state index in [0.29, 0.717) is 0 Å². The third-order valence-electron chi connectivity index (χ3n) is 2.43. The van der Waals surface area contributed by atoms with Crippen molar-refractivity contribution >= 4 is 15.9 Å². The molecule has 0 bridgehead atoms. The third kappa shape index (κ3) is 1.57. The van der Waals surface area contributed by atoms with Crippen molar-refractivity contribution in [3.05, 3.63) is 0 Å². The summed E-state index contributed by atoms with van der Waals surface area (Å²) in [6, 6.07) is 2.19. The second kappa shape index (κ2) is 3.55. The number of alkyl halides is 1. The molecule has 0 saturated heterocycles. The zero-order valence-electron chi connectivity index (χ0n) is 6.64. The van der Waals surface area contributed by atoms with Gasteiger partial charge in [-0.1, -0.05) is 28.8 Å². The molecule has 1 rings (SSSR count). The highest BCUT2D eigenvalue weighted by atomic mass is 79.9. The van der Waals surface area contributed by atoms with Crippen LogP contribution in [0.5, 0.6) is 0 Å². The maximum Gasteiger partial charge on any atom is 0.130 e. The Kier molecular flexibility index (Phi) is 2.91. The van der Waals surface area contributed by atoms with E-state index in [4.69, 9.17) is 10.00 Å². The van der Waals surface area contributed by atoms with Gasteiger partial charge in [0.2, 0.25) is 0 Å². The highest BCUT2D eigenvalue weighted by Gasteiger charge is 2.40. The Labute approximate surface area is 75.7 Å². The van der Waals surface area contributed by atoms with Crippen LogP contribution >= 0.6 is 15.9 Å². The fourth-order valence-corrected chi connectivity index (χ4v) is 2.30. The van der Waals surface area contributed by atoms with Crippen molar-refractivity contribution in [3.63, 3.8) is 0 Å². The van der Waals surface area contributed by atoms with Crippen molar-refractivity contribution < 1.29 is 4.74 Å². The first kappa shape index (κ1) is 9.02. The topological polar surface area (TPSA) is 33.0 Å². The van der Waals surface area contributed by atoms with Crippen LogP contribution < -0.4 is 0 Å². The number of rotatable bonds is 2. The van der Waals surface area contributed by atoms with E-state index in [9.17, 15) is 0 Å². The van der Waals surface area contributed by atoms with E-state index >= 15 is 0 Å². The molecule has 0 radical (unpaired) electrons. The van der Waals surface area contributed by atoms with Crippen LogP contribution in [0.25, 0.3) is 0 Å². The first-order valence-electron chi connectivity index (χ1n) is 3.84. The van der Waals surface area contributed by atoms with E-state index < -0.39 is 0 Å². The lowest BCUT2D eigenvalue weighted by molar-refractivity contribution is 0.00570. The van der Waals surface area contributed by atoms with E-state index in [1.807, 2.05) is 0 Å². The molecule has 1 saturated carbocycles. The van der Waals surface area contributed by atoms with Gasteiger partial charge in [0.15, 0.2) is 0 Å². The Hall–Kier alpha value is -0.0700. The fourth-order valence-electron chi connectivity index (χ4n) is 1.65. The van der Waals surface area contributed by atoms with E-state index in [2.05, 4.69) is 22.0 Å². The molecule has 1 atom stereocenters. The summed E-state index contributed by atoms with van der Waals surface area (Å²) in [7, 11) is 1.69. The minimum absolute atomic E-state index is 0.150.